The van der Waals surface area contributed by atoms with Gasteiger partial charge in [-0.1, -0.05) is 11.6 Å². The van der Waals surface area contributed by atoms with Gasteiger partial charge in [0.1, 0.15) is 0 Å². The van der Waals surface area contributed by atoms with Crippen molar-refractivity contribution in [1.82, 2.24) is 9.88 Å². The molecule has 25 heavy (non-hydrogen) atoms. The Hall–Kier alpha value is -2.43. The van der Waals surface area contributed by atoms with E-state index in [0.717, 1.165) is 59.0 Å². The Balaban J connectivity index is 1.83. The van der Waals surface area contributed by atoms with Crippen LogP contribution in [0.2, 0.25) is 0 Å². The van der Waals surface area contributed by atoms with Crippen molar-refractivity contribution >= 4 is 22.7 Å². The molecule has 1 aromatic heterocycles. The van der Waals surface area contributed by atoms with E-state index >= 15 is 0 Å². The monoisotopic (exact) mass is 337 g/mol. The first-order valence-electron chi connectivity index (χ1n) is 9.05. The average Bonchev–Trinajstić information content (AvgIpc) is 3.10. The molecule has 2 amide bonds. The zero-order valence-electron chi connectivity index (χ0n) is 14.5. The van der Waals surface area contributed by atoms with Crippen LogP contribution in [0.15, 0.2) is 18.2 Å². The first kappa shape index (κ1) is 16.1. The van der Waals surface area contributed by atoms with Gasteiger partial charge in [-0.15, -0.1) is 0 Å². The molecule has 5 nitrogen and oxygen atoms in total. The summed E-state index contributed by atoms with van der Waals surface area (Å²) >= 11 is 0. The van der Waals surface area contributed by atoms with Gasteiger partial charge in [0.2, 0.25) is 5.91 Å². The van der Waals surface area contributed by atoms with Crippen LogP contribution in [-0.2, 0) is 17.6 Å². The largest absolute Gasteiger partial charge is 0.369 e. The van der Waals surface area contributed by atoms with Gasteiger partial charge >= 0.3 is 0 Å². The van der Waals surface area contributed by atoms with E-state index in [9.17, 15) is 9.59 Å². The SMILES string of the molecule is Cc1ccc2nc3c(c(C(=O)N4CCC(C(N)=O)C4)c2c1)CCCC3. The molecule has 2 aromatic rings. The number of hydrogen-bond acceptors (Lipinski definition) is 3. The summed E-state index contributed by atoms with van der Waals surface area (Å²) in [5.41, 5.74) is 10.4. The third-order valence-electron chi connectivity index (χ3n) is 5.51. The number of primary amides is 1. The molecule has 1 atom stereocenters. The number of nitrogens with zero attached hydrogens (tertiary/aromatic N) is 2. The molecule has 1 fully saturated rings. The fourth-order valence-corrected chi connectivity index (χ4v) is 4.12. The van der Waals surface area contributed by atoms with E-state index in [-0.39, 0.29) is 17.7 Å². The third kappa shape index (κ3) is 2.77. The summed E-state index contributed by atoms with van der Waals surface area (Å²) in [5.74, 6) is -0.512. The summed E-state index contributed by atoms with van der Waals surface area (Å²) < 4.78 is 0. The lowest BCUT2D eigenvalue weighted by molar-refractivity contribution is -0.121. The molecule has 2 N–H and O–H groups in total. The van der Waals surface area contributed by atoms with Gasteiger partial charge in [-0.05, 0) is 56.7 Å². The lowest BCUT2D eigenvalue weighted by Crippen LogP contribution is -2.33. The van der Waals surface area contributed by atoms with Crippen LogP contribution in [0.3, 0.4) is 0 Å². The predicted octanol–water partition coefficient (Wildman–Crippen LogP) is 2.37. The fraction of sp³-hybridized carbons (Fsp3) is 0.450. The van der Waals surface area contributed by atoms with E-state index < -0.39 is 0 Å². The molecule has 0 radical (unpaired) electrons. The standard InChI is InChI=1S/C20H23N3O2/c1-12-6-7-17-15(10-12)18(14-4-2-3-5-16(14)22-17)20(25)23-9-8-13(11-23)19(21)24/h6-7,10,13H,2-5,8-9,11H2,1H3,(H2,21,24). The van der Waals surface area contributed by atoms with Crippen molar-refractivity contribution in [3.05, 3.63) is 40.6 Å². The minimum atomic E-state index is -0.312. The smallest absolute Gasteiger partial charge is 0.254 e. The van der Waals surface area contributed by atoms with Gasteiger partial charge in [-0.2, -0.15) is 0 Å². The molecule has 1 aliphatic heterocycles. The highest BCUT2D eigenvalue weighted by Gasteiger charge is 2.33. The molecule has 0 spiro atoms. The van der Waals surface area contributed by atoms with Gasteiger partial charge in [-0.25, -0.2) is 0 Å². The summed E-state index contributed by atoms with van der Waals surface area (Å²) in [7, 11) is 0. The highest BCUT2D eigenvalue weighted by Crippen LogP contribution is 2.32. The highest BCUT2D eigenvalue weighted by molar-refractivity contribution is 6.08. The quantitative estimate of drug-likeness (QED) is 0.914. The number of amides is 2. The molecular weight excluding hydrogens is 314 g/mol. The lowest BCUT2D eigenvalue weighted by Gasteiger charge is -2.24. The molecule has 5 heteroatoms. The Labute approximate surface area is 147 Å². The number of nitrogens with two attached hydrogens (primary N) is 1. The number of rotatable bonds is 2. The number of aryl methyl sites for hydroxylation is 2. The normalized spacial score (nSPS) is 19.9. The number of aromatic nitrogens is 1. The van der Waals surface area contributed by atoms with Gasteiger partial charge in [0.15, 0.2) is 0 Å². The number of carbonyl (C=O) groups excluding carboxylic acids is 2. The van der Waals surface area contributed by atoms with Gasteiger partial charge < -0.3 is 10.6 Å². The van der Waals surface area contributed by atoms with Crippen molar-refractivity contribution < 1.29 is 9.59 Å². The van der Waals surface area contributed by atoms with Crippen molar-refractivity contribution in [2.75, 3.05) is 13.1 Å². The van der Waals surface area contributed by atoms with Crippen LogP contribution in [0.1, 0.15) is 46.4 Å². The molecule has 1 saturated heterocycles. The predicted molar refractivity (Wildman–Crippen MR) is 96.3 cm³/mol. The number of benzene rings is 1. The Kier molecular flexibility index (Phi) is 3.94. The van der Waals surface area contributed by atoms with Crippen LogP contribution in [0.4, 0.5) is 0 Å². The molecule has 2 aliphatic rings. The number of carbonyl (C=O) groups is 2. The second-order valence-electron chi connectivity index (χ2n) is 7.28. The van der Waals surface area contributed by atoms with E-state index in [1.165, 1.54) is 0 Å². The molecular formula is C20H23N3O2. The van der Waals surface area contributed by atoms with Crippen LogP contribution < -0.4 is 5.73 Å². The summed E-state index contributed by atoms with van der Waals surface area (Å²) in [4.78, 5) is 31.4. The molecule has 1 unspecified atom stereocenters. The van der Waals surface area contributed by atoms with Gasteiger partial charge in [-0.3, -0.25) is 14.6 Å². The molecule has 0 bridgehead atoms. The van der Waals surface area contributed by atoms with E-state index in [4.69, 9.17) is 10.7 Å². The molecule has 130 valence electrons. The van der Waals surface area contributed by atoms with E-state index in [1.54, 1.807) is 4.90 Å². The van der Waals surface area contributed by atoms with E-state index in [2.05, 4.69) is 6.07 Å². The Morgan fingerprint density at radius 1 is 1.24 bits per heavy atom. The maximum atomic E-state index is 13.4. The second-order valence-corrected chi connectivity index (χ2v) is 7.28. The topological polar surface area (TPSA) is 76.3 Å². The first-order chi connectivity index (χ1) is 12.0. The molecule has 0 saturated carbocycles. The van der Waals surface area contributed by atoms with Gasteiger partial charge in [0.05, 0.1) is 17.0 Å². The zero-order chi connectivity index (χ0) is 17.6. The molecule has 4 rings (SSSR count). The second kappa shape index (κ2) is 6.14. The van der Waals surface area contributed by atoms with Crippen LogP contribution in [0, 0.1) is 12.8 Å². The minimum absolute atomic E-state index is 0.0277. The summed E-state index contributed by atoms with van der Waals surface area (Å²) in [5, 5.41) is 0.938. The van der Waals surface area contributed by atoms with Crippen molar-refractivity contribution in [3.63, 3.8) is 0 Å². The van der Waals surface area contributed by atoms with Crippen molar-refractivity contribution in [2.24, 2.45) is 11.7 Å². The molecule has 1 aromatic carbocycles. The summed E-state index contributed by atoms with van der Waals surface area (Å²) in [6, 6.07) is 6.11. The lowest BCUT2D eigenvalue weighted by atomic mass is 9.89. The maximum absolute atomic E-state index is 13.4. The van der Waals surface area contributed by atoms with Crippen molar-refractivity contribution in [3.8, 4) is 0 Å². The summed E-state index contributed by atoms with van der Waals surface area (Å²) in [6.45, 7) is 3.06. The van der Waals surface area contributed by atoms with Crippen LogP contribution >= 0.6 is 0 Å². The first-order valence-corrected chi connectivity index (χ1v) is 9.05. The van der Waals surface area contributed by atoms with Crippen LogP contribution in [-0.4, -0.2) is 34.8 Å². The van der Waals surface area contributed by atoms with Crippen molar-refractivity contribution in [2.45, 2.75) is 39.0 Å². The number of likely N-dealkylation sites (tertiary alicyclic amines) is 1. The minimum Gasteiger partial charge on any atom is -0.369 e. The van der Waals surface area contributed by atoms with Crippen LogP contribution in [0.5, 0.6) is 0 Å². The molecule has 1 aliphatic carbocycles. The summed E-state index contributed by atoms with van der Waals surface area (Å²) in [6.07, 6.45) is 4.71. The number of hydrogen-bond donors (Lipinski definition) is 1. The third-order valence-corrected chi connectivity index (χ3v) is 5.51. The highest BCUT2D eigenvalue weighted by atomic mass is 16.2. The zero-order valence-corrected chi connectivity index (χ0v) is 14.5. The molecule has 2 heterocycles. The Morgan fingerprint density at radius 3 is 2.80 bits per heavy atom. The Bertz CT molecular complexity index is 875. The Morgan fingerprint density at radius 2 is 2.04 bits per heavy atom. The van der Waals surface area contributed by atoms with Crippen molar-refractivity contribution in [1.29, 1.82) is 0 Å². The number of pyridine rings is 1. The fourth-order valence-electron chi connectivity index (χ4n) is 4.12. The van der Waals surface area contributed by atoms with E-state index in [0.29, 0.717) is 19.5 Å². The average molecular weight is 337 g/mol. The number of fused-ring (bicyclic) bond motifs is 2. The maximum Gasteiger partial charge on any atom is 0.254 e. The van der Waals surface area contributed by atoms with E-state index in [1.807, 2.05) is 19.1 Å². The van der Waals surface area contributed by atoms with Crippen LogP contribution in [0.25, 0.3) is 10.9 Å². The van der Waals surface area contributed by atoms with Gasteiger partial charge in [0, 0.05) is 24.2 Å². The van der Waals surface area contributed by atoms with Gasteiger partial charge in [0.25, 0.3) is 5.91 Å².